The van der Waals surface area contributed by atoms with Gasteiger partial charge in [0, 0.05) is 6.04 Å². The zero-order valence-corrected chi connectivity index (χ0v) is 10.9. The molecule has 0 aliphatic heterocycles. The van der Waals surface area contributed by atoms with Crippen molar-refractivity contribution in [3.05, 3.63) is 0 Å². The van der Waals surface area contributed by atoms with Crippen molar-refractivity contribution in [3.63, 3.8) is 0 Å². The molecule has 2 unspecified atom stereocenters. The monoisotopic (exact) mass is 211 g/mol. The number of hydrogen-bond acceptors (Lipinski definition) is 1. The van der Waals surface area contributed by atoms with Crippen LogP contribution in [0.5, 0.6) is 0 Å². The molecule has 1 rings (SSSR count). The van der Waals surface area contributed by atoms with Crippen molar-refractivity contribution in [2.45, 2.75) is 71.3 Å². The molecule has 0 heterocycles. The highest BCUT2D eigenvalue weighted by atomic mass is 14.9. The van der Waals surface area contributed by atoms with Gasteiger partial charge in [-0.25, -0.2) is 0 Å². The predicted molar refractivity (Wildman–Crippen MR) is 68.1 cm³/mol. The second-order valence-electron chi connectivity index (χ2n) is 5.40. The van der Waals surface area contributed by atoms with Crippen LogP contribution >= 0.6 is 0 Å². The third-order valence-corrected chi connectivity index (χ3v) is 4.19. The van der Waals surface area contributed by atoms with Crippen molar-refractivity contribution in [3.8, 4) is 0 Å². The molecule has 1 N–H and O–H groups in total. The van der Waals surface area contributed by atoms with Crippen molar-refractivity contribution in [1.82, 2.24) is 5.32 Å². The minimum atomic E-state index is 0.776. The third-order valence-electron chi connectivity index (χ3n) is 4.19. The van der Waals surface area contributed by atoms with Gasteiger partial charge in [0.05, 0.1) is 0 Å². The fraction of sp³-hybridized carbons (Fsp3) is 1.00. The molecule has 0 spiro atoms. The van der Waals surface area contributed by atoms with Crippen LogP contribution in [0, 0.1) is 11.8 Å². The average Bonchev–Trinajstić information content (AvgIpc) is 2.54. The van der Waals surface area contributed by atoms with E-state index >= 15 is 0 Å². The lowest BCUT2D eigenvalue weighted by Crippen LogP contribution is -2.34. The SMILES string of the molecule is CCC(C)CC(NC)C1CCCCCC1. The van der Waals surface area contributed by atoms with Gasteiger partial charge in [0.25, 0.3) is 0 Å². The molecule has 0 saturated heterocycles. The minimum absolute atomic E-state index is 0.776. The largest absolute Gasteiger partial charge is 0.317 e. The second kappa shape index (κ2) is 7.27. The molecule has 1 heteroatoms. The van der Waals surface area contributed by atoms with E-state index in [1.807, 2.05) is 0 Å². The van der Waals surface area contributed by atoms with Crippen molar-refractivity contribution in [2.24, 2.45) is 11.8 Å². The Morgan fingerprint density at radius 3 is 2.20 bits per heavy atom. The van der Waals surface area contributed by atoms with E-state index < -0.39 is 0 Å². The highest BCUT2D eigenvalue weighted by Gasteiger charge is 2.22. The van der Waals surface area contributed by atoms with E-state index in [4.69, 9.17) is 0 Å². The summed E-state index contributed by atoms with van der Waals surface area (Å²) < 4.78 is 0. The highest BCUT2D eigenvalue weighted by Crippen LogP contribution is 2.28. The van der Waals surface area contributed by atoms with Gasteiger partial charge in [-0.3, -0.25) is 0 Å². The van der Waals surface area contributed by atoms with Gasteiger partial charge in [0.15, 0.2) is 0 Å². The van der Waals surface area contributed by atoms with E-state index in [-0.39, 0.29) is 0 Å². The van der Waals surface area contributed by atoms with E-state index in [0.717, 1.165) is 17.9 Å². The normalized spacial score (nSPS) is 23.4. The fourth-order valence-corrected chi connectivity index (χ4v) is 2.86. The van der Waals surface area contributed by atoms with Crippen LogP contribution in [0.15, 0.2) is 0 Å². The van der Waals surface area contributed by atoms with Crippen LogP contribution in [-0.2, 0) is 0 Å². The van der Waals surface area contributed by atoms with E-state index in [9.17, 15) is 0 Å². The quantitative estimate of drug-likeness (QED) is 0.678. The van der Waals surface area contributed by atoms with Gasteiger partial charge in [-0.1, -0.05) is 46.0 Å². The molecule has 0 aromatic heterocycles. The molecule has 1 fully saturated rings. The standard InChI is InChI=1S/C14H29N/c1-4-12(2)11-14(15-3)13-9-7-5-6-8-10-13/h12-15H,4-11H2,1-3H3. The van der Waals surface area contributed by atoms with Gasteiger partial charge in [0.1, 0.15) is 0 Å². The van der Waals surface area contributed by atoms with Crippen LogP contribution in [0.1, 0.15) is 65.2 Å². The Morgan fingerprint density at radius 1 is 1.13 bits per heavy atom. The molecular formula is C14H29N. The highest BCUT2D eigenvalue weighted by molar-refractivity contribution is 4.78. The van der Waals surface area contributed by atoms with Crippen molar-refractivity contribution < 1.29 is 0 Å². The van der Waals surface area contributed by atoms with Gasteiger partial charge in [-0.15, -0.1) is 0 Å². The van der Waals surface area contributed by atoms with Crippen LogP contribution in [-0.4, -0.2) is 13.1 Å². The van der Waals surface area contributed by atoms with Crippen molar-refractivity contribution >= 4 is 0 Å². The van der Waals surface area contributed by atoms with E-state index in [0.29, 0.717) is 0 Å². The van der Waals surface area contributed by atoms with Crippen LogP contribution < -0.4 is 5.32 Å². The van der Waals surface area contributed by atoms with Gasteiger partial charge in [0.2, 0.25) is 0 Å². The molecule has 1 aliphatic carbocycles. The summed E-state index contributed by atoms with van der Waals surface area (Å²) in [5, 5.41) is 3.56. The smallest absolute Gasteiger partial charge is 0.00948 e. The molecular weight excluding hydrogens is 182 g/mol. The molecule has 15 heavy (non-hydrogen) atoms. The van der Waals surface area contributed by atoms with E-state index in [1.54, 1.807) is 0 Å². The van der Waals surface area contributed by atoms with Gasteiger partial charge >= 0.3 is 0 Å². The fourth-order valence-electron chi connectivity index (χ4n) is 2.86. The predicted octanol–water partition coefficient (Wildman–Crippen LogP) is 3.98. The Balaban J connectivity index is 2.40. The summed E-state index contributed by atoms with van der Waals surface area (Å²) in [7, 11) is 2.15. The molecule has 1 saturated carbocycles. The molecule has 90 valence electrons. The maximum absolute atomic E-state index is 3.56. The summed E-state index contributed by atoms with van der Waals surface area (Å²) in [6.07, 6.45) is 11.5. The number of hydrogen-bond donors (Lipinski definition) is 1. The Bertz CT molecular complexity index is 147. The van der Waals surface area contributed by atoms with E-state index in [1.165, 1.54) is 51.4 Å². The lowest BCUT2D eigenvalue weighted by molar-refractivity contribution is 0.284. The summed E-state index contributed by atoms with van der Waals surface area (Å²) in [5.41, 5.74) is 0. The number of nitrogens with one attached hydrogen (secondary N) is 1. The molecule has 0 radical (unpaired) electrons. The zero-order chi connectivity index (χ0) is 11.1. The maximum atomic E-state index is 3.56. The summed E-state index contributed by atoms with van der Waals surface area (Å²) >= 11 is 0. The summed E-state index contributed by atoms with van der Waals surface area (Å²) in [6, 6.07) is 0.776. The zero-order valence-electron chi connectivity index (χ0n) is 10.9. The van der Waals surface area contributed by atoms with Gasteiger partial charge in [-0.05, 0) is 38.1 Å². The maximum Gasteiger partial charge on any atom is 0.00948 e. The summed E-state index contributed by atoms with van der Waals surface area (Å²) in [6.45, 7) is 4.70. The number of rotatable bonds is 5. The molecule has 1 nitrogen and oxygen atoms in total. The van der Waals surface area contributed by atoms with Crippen molar-refractivity contribution in [2.75, 3.05) is 7.05 Å². The summed E-state index contributed by atoms with van der Waals surface area (Å²) in [4.78, 5) is 0. The molecule has 2 atom stereocenters. The average molecular weight is 211 g/mol. The Kier molecular flexibility index (Phi) is 6.31. The molecule has 0 aromatic rings. The Morgan fingerprint density at radius 2 is 1.73 bits per heavy atom. The van der Waals surface area contributed by atoms with E-state index in [2.05, 4.69) is 26.2 Å². The van der Waals surface area contributed by atoms with Crippen LogP contribution in [0.2, 0.25) is 0 Å². The lowest BCUT2D eigenvalue weighted by atomic mass is 9.85. The molecule has 0 bridgehead atoms. The van der Waals surface area contributed by atoms with Crippen LogP contribution in [0.25, 0.3) is 0 Å². The van der Waals surface area contributed by atoms with Gasteiger partial charge in [-0.2, -0.15) is 0 Å². The van der Waals surface area contributed by atoms with Gasteiger partial charge < -0.3 is 5.32 Å². The second-order valence-corrected chi connectivity index (χ2v) is 5.40. The first-order valence-electron chi connectivity index (χ1n) is 6.95. The van der Waals surface area contributed by atoms with Crippen LogP contribution in [0.3, 0.4) is 0 Å². The van der Waals surface area contributed by atoms with Crippen LogP contribution in [0.4, 0.5) is 0 Å². The first-order chi connectivity index (χ1) is 7.27. The summed E-state index contributed by atoms with van der Waals surface area (Å²) in [5.74, 6) is 1.83. The molecule has 0 aromatic carbocycles. The molecule has 1 aliphatic rings. The molecule has 0 amide bonds. The Hall–Kier alpha value is -0.0400. The first kappa shape index (κ1) is 13.0. The minimum Gasteiger partial charge on any atom is -0.317 e. The van der Waals surface area contributed by atoms with Crippen molar-refractivity contribution in [1.29, 1.82) is 0 Å². The third kappa shape index (κ3) is 4.55. The topological polar surface area (TPSA) is 12.0 Å². The Labute approximate surface area is 96.0 Å². The first-order valence-corrected chi connectivity index (χ1v) is 6.95. The lowest BCUT2D eigenvalue weighted by Gasteiger charge is -2.28.